The van der Waals surface area contributed by atoms with E-state index in [0.29, 0.717) is 11.3 Å². The van der Waals surface area contributed by atoms with E-state index in [1.165, 1.54) is 0 Å². The van der Waals surface area contributed by atoms with Gasteiger partial charge in [0.1, 0.15) is 0 Å². The summed E-state index contributed by atoms with van der Waals surface area (Å²) in [4.78, 5) is 11.4. The van der Waals surface area contributed by atoms with Crippen molar-refractivity contribution >= 4 is 11.6 Å². The van der Waals surface area contributed by atoms with Crippen LogP contribution >= 0.6 is 0 Å². The number of aliphatic hydroxyl groups is 1. The van der Waals surface area contributed by atoms with Crippen molar-refractivity contribution in [3.05, 3.63) is 29.8 Å². The second-order valence-electron chi connectivity index (χ2n) is 3.19. The minimum absolute atomic E-state index is 0.226. The van der Waals surface area contributed by atoms with Crippen LogP contribution in [-0.4, -0.2) is 11.0 Å². The Balaban J connectivity index is 2.55. The Morgan fingerprint density at radius 1 is 1.50 bits per heavy atom. The second kappa shape index (κ2) is 2.82. The van der Waals surface area contributed by atoms with E-state index in [1.807, 2.05) is 6.07 Å². The fourth-order valence-corrected chi connectivity index (χ4v) is 1.59. The Morgan fingerprint density at radius 3 is 2.93 bits per heavy atom. The summed E-state index contributed by atoms with van der Waals surface area (Å²) >= 11 is 0. The molecule has 1 aromatic rings. The molecule has 0 fully saturated rings. The predicted molar refractivity (Wildman–Crippen MR) is 49.2 cm³/mol. The number of nitrogens with zero attached hydrogens (tertiary/aromatic N) is 1. The first-order chi connectivity index (χ1) is 6.68. The van der Waals surface area contributed by atoms with Crippen molar-refractivity contribution in [2.45, 2.75) is 12.0 Å². The highest BCUT2D eigenvalue weighted by Crippen LogP contribution is 2.37. The number of rotatable bonds is 1. The molecule has 0 unspecified atom stereocenters. The minimum atomic E-state index is -1.68. The summed E-state index contributed by atoms with van der Waals surface area (Å²) < 4.78 is 0. The zero-order valence-electron chi connectivity index (χ0n) is 7.32. The number of hydrogen-bond acceptors (Lipinski definition) is 3. The maximum Gasteiger partial charge on any atom is 0.262 e. The molecular weight excluding hydrogens is 180 g/mol. The van der Waals surface area contributed by atoms with Crippen LogP contribution in [0.3, 0.4) is 0 Å². The molecule has 0 saturated heterocycles. The zero-order chi connectivity index (χ0) is 10.2. The summed E-state index contributed by atoms with van der Waals surface area (Å²) in [6.07, 6.45) is -0.226. The van der Waals surface area contributed by atoms with Crippen LogP contribution in [0, 0.1) is 11.3 Å². The predicted octanol–water partition coefficient (Wildman–Crippen LogP) is 0.740. The molecule has 1 amide bonds. The quantitative estimate of drug-likeness (QED) is 0.682. The van der Waals surface area contributed by atoms with Gasteiger partial charge in [-0.1, -0.05) is 18.2 Å². The topological polar surface area (TPSA) is 73.1 Å². The van der Waals surface area contributed by atoms with Crippen LogP contribution in [0.4, 0.5) is 5.69 Å². The van der Waals surface area contributed by atoms with E-state index in [9.17, 15) is 9.90 Å². The molecule has 0 spiro atoms. The van der Waals surface area contributed by atoms with E-state index in [1.54, 1.807) is 24.3 Å². The van der Waals surface area contributed by atoms with Gasteiger partial charge in [0.05, 0.1) is 12.5 Å². The normalized spacial score (nSPS) is 23.9. The number of anilines is 1. The van der Waals surface area contributed by atoms with Gasteiger partial charge >= 0.3 is 0 Å². The maximum atomic E-state index is 11.4. The van der Waals surface area contributed by atoms with Crippen molar-refractivity contribution in [3.63, 3.8) is 0 Å². The third kappa shape index (κ3) is 0.998. The van der Waals surface area contributed by atoms with Gasteiger partial charge in [-0.2, -0.15) is 5.26 Å². The average Bonchev–Trinajstić information content (AvgIpc) is 2.41. The Labute approximate surface area is 80.8 Å². The van der Waals surface area contributed by atoms with Crippen LogP contribution < -0.4 is 5.32 Å². The monoisotopic (exact) mass is 188 g/mol. The molecule has 1 aliphatic heterocycles. The van der Waals surface area contributed by atoms with Gasteiger partial charge in [0, 0.05) is 11.3 Å². The third-order valence-corrected chi connectivity index (χ3v) is 2.33. The summed E-state index contributed by atoms with van der Waals surface area (Å²) in [5.41, 5.74) is -0.618. The Bertz CT molecular complexity index is 436. The van der Waals surface area contributed by atoms with E-state index < -0.39 is 11.5 Å². The van der Waals surface area contributed by atoms with E-state index >= 15 is 0 Å². The fraction of sp³-hybridized carbons (Fsp3) is 0.200. The summed E-state index contributed by atoms with van der Waals surface area (Å²) in [5, 5.41) is 21.1. The number of hydrogen-bond donors (Lipinski definition) is 2. The lowest BCUT2D eigenvalue weighted by Gasteiger charge is -2.16. The van der Waals surface area contributed by atoms with Gasteiger partial charge in [0.2, 0.25) is 0 Å². The van der Waals surface area contributed by atoms with Crippen LogP contribution in [0.25, 0.3) is 0 Å². The smallest absolute Gasteiger partial charge is 0.262 e. The number of fused-ring (bicyclic) bond motifs is 1. The van der Waals surface area contributed by atoms with Crippen molar-refractivity contribution in [3.8, 4) is 6.07 Å². The zero-order valence-corrected chi connectivity index (χ0v) is 7.32. The molecule has 0 aliphatic carbocycles. The van der Waals surface area contributed by atoms with Crippen LogP contribution in [0.5, 0.6) is 0 Å². The molecule has 1 aliphatic rings. The van der Waals surface area contributed by atoms with E-state index in [2.05, 4.69) is 5.32 Å². The third-order valence-electron chi connectivity index (χ3n) is 2.33. The van der Waals surface area contributed by atoms with Crippen molar-refractivity contribution < 1.29 is 9.90 Å². The highest BCUT2D eigenvalue weighted by molar-refractivity contribution is 6.05. The van der Waals surface area contributed by atoms with Crippen molar-refractivity contribution in [1.82, 2.24) is 0 Å². The first-order valence-corrected chi connectivity index (χ1v) is 4.19. The number of nitrogens with one attached hydrogen (secondary N) is 1. The molecule has 4 nitrogen and oxygen atoms in total. The Hall–Kier alpha value is -1.86. The summed E-state index contributed by atoms with van der Waals surface area (Å²) in [6.45, 7) is 0. The van der Waals surface area contributed by atoms with Crippen LogP contribution in [-0.2, 0) is 10.4 Å². The van der Waals surface area contributed by atoms with Crippen LogP contribution in [0.2, 0.25) is 0 Å². The van der Waals surface area contributed by atoms with Crippen LogP contribution in [0.1, 0.15) is 12.0 Å². The molecule has 0 aromatic heterocycles. The molecule has 4 heteroatoms. The van der Waals surface area contributed by atoms with Gasteiger partial charge < -0.3 is 10.4 Å². The Morgan fingerprint density at radius 2 is 2.21 bits per heavy atom. The average molecular weight is 188 g/mol. The van der Waals surface area contributed by atoms with Crippen molar-refractivity contribution in [1.29, 1.82) is 5.26 Å². The lowest BCUT2D eigenvalue weighted by atomic mass is 9.93. The number of amides is 1. The fourth-order valence-electron chi connectivity index (χ4n) is 1.59. The SMILES string of the molecule is N#CC[C@]1(O)C(=O)Nc2ccccc21. The van der Waals surface area contributed by atoms with E-state index in [4.69, 9.17) is 5.26 Å². The molecule has 0 saturated carbocycles. The van der Waals surface area contributed by atoms with Gasteiger partial charge in [-0.3, -0.25) is 4.79 Å². The lowest BCUT2D eigenvalue weighted by molar-refractivity contribution is -0.133. The van der Waals surface area contributed by atoms with E-state index in [-0.39, 0.29) is 6.42 Å². The number of benzene rings is 1. The number of carbonyl (C=O) groups excluding carboxylic acids is 1. The van der Waals surface area contributed by atoms with Gasteiger partial charge in [-0.25, -0.2) is 0 Å². The summed E-state index contributed by atoms with van der Waals surface area (Å²) in [6, 6.07) is 8.64. The molecule has 1 heterocycles. The molecule has 1 atom stereocenters. The molecule has 0 radical (unpaired) electrons. The lowest BCUT2D eigenvalue weighted by Crippen LogP contribution is -2.33. The van der Waals surface area contributed by atoms with Gasteiger partial charge in [-0.15, -0.1) is 0 Å². The summed E-state index contributed by atoms with van der Waals surface area (Å²) in [5.74, 6) is -0.528. The largest absolute Gasteiger partial charge is 0.374 e. The maximum absolute atomic E-state index is 11.4. The molecule has 1 aromatic carbocycles. The molecule has 14 heavy (non-hydrogen) atoms. The highest BCUT2D eigenvalue weighted by Gasteiger charge is 2.44. The molecule has 2 rings (SSSR count). The van der Waals surface area contributed by atoms with E-state index in [0.717, 1.165) is 0 Å². The number of para-hydroxylation sites is 1. The first-order valence-electron chi connectivity index (χ1n) is 4.19. The van der Waals surface area contributed by atoms with Gasteiger partial charge in [0.15, 0.2) is 5.60 Å². The number of carbonyl (C=O) groups is 1. The first kappa shape index (κ1) is 8.73. The standard InChI is InChI=1S/C10H8N2O2/c11-6-5-10(14)7-3-1-2-4-8(7)12-9(10)13/h1-4,14H,5H2,(H,12,13)/t10-/m1/s1. The van der Waals surface area contributed by atoms with Gasteiger partial charge in [0.25, 0.3) is 5.91 Å². The molecular formula is C10H8N2O2. The highest BCUT2D eigenvalue weighted by atomic mass is 16.3. The molecule has 70 valence electrons. The number of nitriles is 1. The Kier molecular flexibility index (Phi) is 1.76. The molecule has 2 N–H and O–H groups in total. The van der Waals surface area contributed by atoms with Crippen molar-refractivity contribution in [2.24, 2.45) is 0 Å². The van der Waals surface area contributed by atoms with Crippen LogP contribution in [0.15, 0.2) is 24.3 Å². The summed E-state index contributed by atoms with van der Waals surface area (Å²) in [7, 11) is 0. The van der Waals surface area contributed by atoms with Crippen molar-refractivity contribution in [2.75, 3.05) is 5.32 Å². The minimum Gasteiger partial charge on any atom is -0.374 e. The second-order valence-corrected chi connectivity index (χ2v) is 3.19. The van der Waals surface area contributed by atoms with Gasteiger partial charge in [-0.05, 0) is 6.07 Å². The molecule has 0 bridgehead atoms.